The number of nitrogens with zero attached hydrogens (tertiary/aromatic N) is 2. The standard InChI is InChI=1S/C18H25FN4O2/c1-3-22(4-2)13-7-8-23(11-13)18(25)21-16-9-12-5-6-17(24)20-15(12)10-14(16)19/h9-10,13H,3-8,11H2,1-2H3,(H,20,24)(H,21,25)/t13-/m0/s1. The van der Waals surface area contributed by atoms with Crippen LogP contribution >= 0.6 is 0 Å². The molecule has 2 heterocycles. The minimum absolute atomic E-state index is 0.108. The Hall–Kier alpha value is -2.15. The zero-order chi connectivity index (χ0) is 18.0. The second kappa shape index (κ2) is 7.39. The molecule has 0 radical (unpaired) electrons. The summed E-state index contributed by atoms with van der Waals surface area (Å²) in [7, 11) is 0. The summed E-state index contributed by atoms with van der Waals surface area (Å²) in [5.74, 6) is -0.642. The predicted molar refractivity (Wildman–Crippen MR) is 95.3 cm³/mol. The van der Waals surface area contributed by atoms with Crippen LogP contribution in [-0.2, 0) is 11.2 Å². The van der Waals surface area contributed by atoms with Crippen molar-refractivity contribution in [1.82, 2.24) is 9.80 Å². The first-order chi connectivity index (χ1) is 12.0. The molecule has 0 spiro atoms. The molecular weight excluding hydrogens is 323 g/mol. The Kier molecular flexibility index (Phi) is 5.22. The van der Waals surface area contributed by atoms with Gasteiger partial charge in [0.15, 0.2) is 0 Å². The van der Waals surface area contributed by atoms with Gasteiger partial charge in [0.25, 0.3) is 0 Å². The van der Waals surface area contributed by atoms with E-state index in [1.807, 2.05) is 0 Å². The molecule has 3 rings (SSSR count). The monoisotopic (exact) mass is 348 g/mol. The molecule has 1 atom stereocenters. The van der Waals surface area contributed by atoms with Crippen LogP contribution in [-0.4, -0.2) is 54.0 Å². The number of fused-ring (bicyclic) bond motifs is 1. The van der Waals surface area contributed by atoms with Gasteiger partial charge in [-0.2, -0.15) is 0 Å². The van der Waals surface area contributed by atoms with Gasteiger partial charge in [-0.25, -0.2) is 9.18 Å². The quantitative estimate of drug-likeness (QED) is 0.879. The van der Waals surface area contributed by atoms with Gasteiger partial charge in [-0.15, -0.1) is 0 Å². The summed E-state index contributed by atoms with van der Waals surface area (Å²) in [6.45, 7) is 7.50. The van der Waals surface area contributed by atoms with Gasteiger partial charge in [-0.1, -0.05) is 13.8 Å². The summed E-state index contributed by atoms with van der Waals surface area (Å²) < 4.78 is 14.3. The third-order valence-electron chi connectivity index (χ3n) is 5.11. The highest BCUT2D eigenvalue weighted by Crippen LogP contribution is 2.29. The van der Waals surface area contributed by atoms with Crippen molar-refractivity contribution in [1.29, 1.82) is 0 Å². The van der Waals surface area contributed by atoms with Gasteiger partial charge >= 0.3 is 6.03 Å². The van der Waals surface area contributed by atoms with E-state index in [2.05, 4.69) is 29.4 Å². The van der Waals surface area contributed by atoms with Crippen molar-refractivity contribution in [3.05, 3.63) is 23.5 Å². The Morgan fingerprint density at radius 3 is 2.84 bits per heavy atom. The second-order valence-corrected chi connectivity index (χ2v) is 6.58. The lowest BCUT2D eigenvalue weighted by Gasteiger charge is -2.26. The van der Waals surface area contributed by atoms with Crippen LogP contribution in [0.5, 0.6) is 0 Å². The highest BCUT2D eigenvalue weighted by Gasteiger charge is 2.29. The van der Waals surface area contributed by atoms with Gasteiger partial charge in [0.05, 0.1) is 5.69 Å². The lowest BCUT2D eigenvalue weighted by atomic mass is 10.0. The van der Waals surface area contributed by atoms with E-state index in [-0.39, 0.29) is 17.6 Å². The molecule has 6 nitrogen and oxygen atoms in total. The van der Waals surface area contributed by atoms with Gasteiger partial charge in [0.1, 0.15) is 5.82 Å². The van der Waals surface area contributed by atoms with E-state index in [1.165, 1.54) is 6.07 Å². The first kappa shape index (κ1) is 17.7. The normalized spacial score (nSPS) is 19.8. The smallest absolute Gasteiger partial charge is 0.321 e. The molecule has 0 bridgehead atoms. The Balaban J connectivity index is 1.67. The number of halogens is 1. The van der Waals surface area contributed by atoms with Crippen LogP contribution in [0.4, 0.5) is 20.6 Å². The third-order valence-corrected chi connectivity index (χ3v) is 5.11. The van der Waals surface area contributed by atoms with Crippen molar-refractivity contribution in [3.63, 3.8) is 0 Å². The summed E-state index contributed by atoms with van der Waals surface area (Å²) in [6.07, 6.45) is 1.87. The number of rotatable bonds is 4. The number of nitrogens with one attached hydrogen (secondary N) is 2. The molecule has 1 aromatic carbocycles. The van der Waals surface area contributed by atoms with Crippen molar-refractivity contribution in [3.8, 4) is 0 Å². The molecule has 0 saturated carbocycles. The number of aryl methyl sites for hydroxylation is 1. The van der Waals surface area contributed by atoms with Crippen LogP contribution in [0.1, 0.15) is 32.3 Å². The van der Waals surface area contributed by atoms with Gasteiger partial charge in [-0.05, 0) is 43.6 Å². The number of anilines is 2. The van der Waals surface area contributed by atoms with E-state index >= 15 is 0 Å². The Morgan fingerprint density at radius 1 is 1.36 bits per heavy atom. The van der Waals surface area contributed by atoms with Gasteiger partial charge in [-0.3, -0.25) is 9.69 Å². The van der Waals surface area contributed by atoms with Crippen molar-refractivity contribution in [2.45, 2.75) is 39.2 Å². The molecule has 1 fully saturated rings. The van der Waals surface area contributed by atoms with Crippen LogP contribution in [0.2, 0.25) is 0 Å². The molecule has 0 unspecified atom stereocenters. The van der Waals surface area contributed by atoms with E-state index in [0.29, 0.717) is 37.7 Å². The topological polar surface area (TPSA) is 64.7 Å². The van der Waals surface area contributed by atoms with Crippen molar-refractivity contribution < 1.29 is 14.0 Å². The van der Waals surface area contributed by atoms with Crippen LogP contribution in [0, 0.1) is 5.82 Å². The number of carbonyl (C=O) groups excluding carboxylic acids is 2. The molecule has 2 N–H and O–H groups in total. The minimum Gasteiger partial charge on any atom is -0.326 e. The van der Waals surface area contributed by atoms with Crippen molar-refractivity contribution in [2.75, 3.05) is 36.8 Å². The van der Waals surface area contributed by atoms with E-state index in [4.69, 9.17) is 0 Å². The number of benzene rings is 1. The molecule has 1 aromatic rings. The Labute approximate surface area is 147 Å². The summed E-state index contributed by atoms with van der Waals surface area (Å²) in [6, 6.07) is 3.00. The predicted octanol–water partition coefficient (Wildman–Crippen LogP) is 2.66. The number of likely N-dealkylation sites (tertiary alicyclic amines) is 1. The maximum absolute atomic E-state index is 14.3. The number of carbonyl (C=O) groups is 2. The fourth-order valence-corrected chi connectivity index (χ4v) is 3.66. The van der Waals surface area contributed by atoms with Gasteiger partial charge in [0, 0.05) is 31.2 Å². The fraction of sp³-hybridized carbons (Fsp3) is 0.556. The number of likely N-dealkylation sites (N-methyl/N-ethyl adjacent to an activating group) is 1. The van der Waals surface area contributed by atoms with E-state index in [1.54, 1.807) is 11.0 Å². The molecule has 2 aliphatic heterocycles. The molecule has 1 saturated heterocycles. The maximum Gasteiger partial charge on any atom is 0.321 e. The fourth-order valence-electron chi connectivity index (χ4n) is 3.66. The summed E-state index contributed by atoms with van der Waals surface area (Å²) in [5.41, 5.74) is 1.51. The molecule has 3 amide bonds. The number of hydrogen-bond donors (Lipinski definition) is 2. The number of urea groups is 1. The molecule has 0 aromatic heterocycles. The lowest BCUT2D eigenvalue weighted by Crippen LogP contribution is -2.40. The van der Waals surface area contributed by atoms with Crippen LogP contribution in [0.15, 0.2) is 12.1 Å². The Bertz CT molecular complexity index is 675. The highest BCUT2D eigenvalue weighted by atomic mass is 19.1. The van der Waals surface area contributed by atoms with Gasteiger partial charge < -0.3 is 15.5 Å². The molecule has 7 heteroatoms. The van der Waals surface area contributed by atoms with Gasteiger partial charge in [0.2, 0.25) is 5.91 Å². The van der Waals surface area contributed by atoms with Crippen LogP contribution < -0.4 is 10.6 Å². The number of hydrogen-bond acceptors (Lipinski definition) is 3. The lowest BCUT2D eigenvalue weighted by molar-refractivity contribution is -0.116. The third kappa shape index (κ3) is 3.76. The molecule has 136 valence electrons. The summed E-state index contributed by atoms with van der Waals surface area (Å²) in [5, 5.41) is 5.35. The first-order valence-electron chi connectivity index (χ1n) is 8.94. The highest BCUT2D eigenvalue weighted by molar-refractivity contribution is 5.95. The molecule has 2 aliphatic rings. The van der Waals surface area contributed by atoms with Crippen LogP contribution in [0.3, 0.4) is 0 Å². The first-order valence-corrected chi connectivity index (χ1v) is 8.94. The molecule has 0 aliphatic carbocycles. The zero-order valence-corrected chi connectivity index (χ0v) is 14.8. The van der Waals surface area contributed by atoms with E-state index in [0.717, 1.165) is 25.1 Å². The Morgan fingerprint density at radius 2 is 2.12 bits per heavy atom. The maximum atomic E-state index is 14.3. The second-order valence-electron chi connectivity index (χ2n) is 6.58. The van der Waals surface area contributed by atoms with Crippen molar-refractivity contribution >= 4 is 23.3 Å². The summed E-state index contributed by atoms with van der Waals surface area (Å²) in [4.78, 5) is 28.0. The zero-order valence-electron chi connectivity index (χ0n) is 14.8. The average Bonchev–Trinajstić information content (AvgIpc) is 3.07. The number of amides is 3. The molecular formula is C18H25FN4O2. The summed E-state index contributed by atoms with van der Waals surface area (Å²) >= 11 is 0. The largest absolute Gasteiger partial charge is 0.326 e. The average molecular weight is 348 g/mol. The van der Waals surface area contributed by atoms with Crippen LogP contribution in [0.25, 0.3) is 0 Å². The van der Waals surface area contributed by atoms with E-state index < -0.39 is 5.82 Å². The van der Waals surface area contributed by atoms with E-state index in [9.17, 15) is 14.0 Å². The minimum atomic E-state index is -0.534. The SMILES string of the molecule is CCN(CC)[C@H]1CCN(C(=O)Nc2cc3c(cc2F)NC(=O)CC3)C1. The molecule has 25 heavy (non-hydrogen) atoms. The van der Waals surface area contributed by atoms with Crippen molar-refractivity contribution in [2.24, 2.45) is 0 Å².